The fourth-order valence-corrected chi connectivity index (χ4v) is 1.88. The monoisotopic (exact) mass is 180 g/mol. The highest BCUT2D eigenvalue weighted by Crippen LogP contribution is 2.39. The highest BCUT2D eigenvalue weighted by Gasteiger charge is 2.43. The van der Waals surface area contributed by atoms with Crippen molar-refractivity contribution >= 4 is 5.78 Å². The van der Waals surface area contributed by atoms with Crippen LogP contribution in [0.5, 0.6) is 0 Å². The van der Waals surface area contributed by atoms with E-state index in [-0.39, 0.29) is 5.60 Å². The minimum absolute atomic E-state index is 0.132. The number of hydrogen-bond donors (Lipinski definition) is 0. The van der Waals surface area contributed by atoms with Crippen molar-refractivity contribution in [2.75, 3.05) is 6.61 Å². The largest absolute Gasteiger partial charge is 0.365 e. The predicted octanol–water partition coefficient (Wildman–Crippen LogP) is 2.09. The van der Waals surface area contributed by atoms with Crippen LogP contribution in [0.25, 0.3) is 0 Å². The van der Waals surface area contributed by atoms with Gasteiger partial charge in [0.15, 0.2) is 0 Å². The van der Waals surface area contributed by atoms with E-state index < -0.39 is 0 Å². The molecule has 1 heterocycles. The first-order valence-corrected chi connectivity index (χ1v) is 5.03. The summed E-state index contributed by atoms with van der Waals surface area (Å²) >= 11 is 0. The third-order valence-electron chi connectivity index (χ3n) is 2.99. The molecule has 1 saturated heterocycles. The Hall–Kier alpha value is -0.630. The molecule has 0 radical (unpaired) electrons. The summed E-state index contributed by atoms with van der Waals surface area (Å²) in [4.78, 5) is 10.8. The van der Waals surface area contributed by atoms with E-state index in [1.807, 2.05) is 0 Å². The topological polar surface area (TPSA) is 29.6 Å². The van der Waals surface area contributed by atoms with Gasteiger partial charge >= 0.3 is 0 Å². The molecule has 13 heavy (non-hydrogen) atoms. The van der Waals surface area contributed by atoms with Gasteiger partial charge in [-0.05, 0) is 32.1 Å². The Kier molecular flexibility index (Phi) is 2.24. The maximum atomic E-state index is 10.8. The lowest BCUT2D eigenvalue weighted by atomic mass is 9.86. The van der Waals surface area contributed by atoms with Crippen LogP contribution in [0.1, 0.15) is 32.6 Å². The van der Waals surface area contributed by atoms with Crippen molar-refractivity contribution < 1.29 is 9.53 Å². The Morgan fingerprint density at radius 1 is 1.69 bits per heavy atom. The van der Waals surface area contributed by atoms with Crippen LogP contribution in [-0.2, 0) is 9.53 Å². The van der Waals surface area contributed by atoms with Crippen LogP contribution < -0.4 is 0 Å². The van der Waals surface area contributed by atoms with Crippen molar-refractivity contribution in [3.05, 3.63) is 12.2 Å². The lowest BCUT2D eigenvalue weighted by Crippen LogP contribution is -2.15. The molecule has 2 heteroatoms. The summed E-state index contributed by atoms with van der Waals surface area (Å²) in [5, 5.41) is 0. The lowest BCUT2D eigenvalue weighted by molar-refractivity contribution is -0.117. The van der Waals surface area contributed by atoms with Gasteiger partial charge in [-0.15, -0.1) is 0 Å². The van der Waals surface area contributed by atoms with Gasteiger partial charge in [0, 0.05) is 6.42 Å². The normalized spacial score (nSPS) is 36.5. The van der Waals surface area contributed by atoms with E-state index in [1.165, 1.54) is 6.42 Å². The highest BCUT2D eigenvalue weighted by molar-refractivity contribution is 5.75. The summed E-state index contributed by atoms with van der Waals surface area (Å²) in [6.45, 7) is 2.57. The minimum Gasteiger partial charge on any atom is -0.365 e. The molecular formula is C11H16O2. The van der Waals surface area contributed by atoms with Crippen molar-refractivity contribution in [3.8, 4) is 0 Å². The van der Waals surface area contributed by atoms with Crippen LogP contribution in [0.3, 0.4) is 0 Å². The van der Waals surface area contributed by atoms with Crippen LogP contribution >= 0.6 is 0 Å². The third-order valence-corrected chi connectivity index (χ3v) is 2.99. The quantitative estimate of drug-likeness (QED) is 0.491. The average molecular weight is 180 g/mol. The first-order chi connectivity index (χ1) is 6.20. The second-order valence-electron chi connectivity index (χ2n) is 4.25. The Bertz CT molecular complexity index is 238. The highest BCUT2D eigenvalue weighted by atomic mass is 16.6. The maximum absolute atomic E-state index is 10.8. The van der Waals surface area contributed by atoms with Gasteiger partial charge in [0.25, 0.3) is 0 Å². The molecule has 0 aromatic rings. The molecule has 2 unspecified atom stereocenters. The molecular weight excluding hydrogens is 164 g/mol. The number of carbonyl (C=O) groups is 1. The van der Waals surface area contributed by atoms with E-state index in [4.69, 9.17) is 4.74 Å². The Morgan fingerprint density at radius 3 is 2.92 bits per heavy atom. The summed E-state index contributed by atoms with van der Waals surface area (Å²) in [6.07, 6.45) is 8.50. The molecule has 1 aliphatic carbocycles. The standard InChI is InChI=1S/C11H16O2/c1-9(12)2-3-10-4-6-11(7-5-10)8-13-11/h4,6,10H,2-3,5,7-8H2,1H3. The number of epoxide rings is 1. The minimum atomic E-state index is 0.132. The number of ketones is 1. The van der Waals surface area contributed by atoms with Gasteiger partial charge in [-0.1, -0.05) is 12.2 Å². The van der Waals surface area contributed by atoms with Crippen molar-refractivity contribution in [3.63, 3.8) is 0 Å². The van der Waals surface area contributed by atoms with E-state index >= 15 is 0 Å². The Morgan fingerprint density at radius 2 is 2.46 bits per heavy atom. The van der Waals surface area contributed by atoms with Gasteiger partial charge < -0.3 is 9.53 Å². The maximum Gasteiger partial charge on any atom is 0.129 e. The first-order valence-electron chi connectivity index (χ1n) is 5.03. The number of Topliss-reactive ketones (excluding diaryl/α,β-unsaturated/α-hetero) is 1. The zero-order valence-electron chi connectivity index (χ0n) is 8.08. The molecule has 2 nitrogen and oxygen atoms in total. The first kappa shape index (κ1) is 8.95. The molecule has 0 N–H and O–H groups in total. The molecule has 0 aromatic carbocycles. The molecule has 1 aliphatic heterocycles. The fourth-order valence-electron chi connectivity index (χ4n) is 1.88. The van der Waals surface area contributed by atoms with Gasteiger partial charge in [-0.25, -0.2) is 0 Å². The molecule has 2 aliphatic rings. The van der Waals surface area contributed by atoms with Gasteiger partial charge in [0.05, 0.1) is 6.61 Å². The van der Waals surface area contributed by atoms with Crippen LogP contribution in [0, 0.1) is 5.92 Å². The molecule has 1 fully saturated rings. The van der Waals surface area contributed by atoms with Crippen molar-refractivity contribution in [1.82, 2.24) is 0 Å². The average Bonchev–Trinajstić information content (AvgIpc) is 2.85. The number of hydrogen-bond acceptors (Lipinski definition) is 2. The lowest BCUT2D eigenvalue weighted by Gasteiger charge is -2.19. The number of ether oxygens (including phenoxy) is 1. The molecule has 0 amide bonds. The van der Waals surface area contributed by atoms with E-state index in [2.05, 4.69) is 12.2 Å². The Balaban J connectivity index is 1.80. The molecule has 1 spiro atoms. The molecule has 0 aromatic heterocycles. The second kappa shape index (κ2) is 3.26. The number of allylic oxidation sites excluding steroid dienone is 1. The van der Waals surface area contributed by atoms with Crippen molar-refractivity contribution in [2.45, 2.75) is 38.2 Å². The zero-order chi connectivity index (χ0) is 9.31. The smallest absolute Gasteiger partial charge is 0.129 e. The SMILES string of the molecule is CC(=O)CCC1C=CC2(CC1)CO2. The summed E-state index contributed by atoms with van der Waals surface area (Å²) < 4.78 is 5.36. The van der Waals surface area contributed by atoms with Crippen molar-refractivity contribution in [1.29, 1.82) is 0 Å². The van der Waals surface area contributed by atoms with Gasteiger partial charge in [0.2, 0.25) is 0 Å². The van der Waals surface area contributed by atoms with Crippen LogP contribution in [-0.4, -0.2) is 18.0 Å². The molecule has 0 saturated carbocycles. The van der Waals surface area contributed by atoms with Gasteiger partial charge in [-0.2, -0.15) is 0 Å². The summed E-state index contributed by atoms with van der Waals surface area (Å²) in [6, 6.07) is 0. The summed E-state index contributed by atoms with van der Waals surface area (Å²) in [7, 11) is 0. The molecule has 0 bridgehead atoms. The van der Waals surface area contributed by atoms with Gasteiger partial charge in [0.1, 0.15) is 11.4 Å². The third kappa shape index (κ3) is 2.19. The number of rotatable bonds is 3. The predicted molar refractivity (Wildman–Crippen MR) is 50.5 cm³/mol. The van der Waals surface area contributed by atoms with Crippen LogP contribution in [0.4, 0.5) is 0 Å². The van der Waals surface area contributed by atoms with E-state index in [0.29, 0.717) is 11.7 Å². The van der Waals surface area contributed by atoms with Crippen molar-refractivity contribution in [2.24, 2.45) is 5.92 Å². The zero-order valence-corrected chi connectivity index (χ0v) is 8.08. The number of carbonyl (C=O) groups excluding carboxylic acids is 1. The van der Waals surface area contributed by atoms with Crippen LogP contribution in [0.2, 0.25) is 0 Å². The van der Waals surface area contributed by atoms with E-state index in [1.54, 1.807) is 6.92 Å². The van der Waals surface area contributed by atoms with Crippen LogP contribution in [0.15, 0.2) is 12.2 Å². The fraction of sp³-hybridized carbons (Fsp3) is 0.727. The van der Waals surface area contributed by atoms with E-state index in [0.717, 1.165) is 25.9 Å². The molecule has 2 rings (SSSR count). The molecule has 2 atom stereocenters. The van der Waals surface area contributed by atoms with Gasteiger partial charge in [-0.3, -0.25) is 0 Å². The summed E-state index contributed by atoms with van der Waals surface area (Å²) in [5.74, 6) is 0.912. The summed E-state index contributed by atoms with van der Waals surface area (Å²) in [5.41, 5.74) is 0.132. The second-order valence-corrected chi connectivity index (χ2v) is 4.25. The Labute approximate surface area is 79.0 Å². The van der Waals surface area contributed by atoms with E-state index in [9.17, 15) is 4.79 Å². The molecule has 72 valence electrons.